The molecule has 2 heterocycles. The predicted molar refractivity (Wildman–Crippen MR) is 127 cm³/mol. The highest BCUT2D eigenvalue weighted by atomic mass is 35.5. The highest BCUT2D eigenvalue weighted by molar-refractivity contribution is 7.15. The monoisotopic (exact) mass is 450 g/mol. The third-order valence-electron chi connectivity index (χ3n) is 5.63. The average molecular weight is 451 g/mol. The number of rotatable bonds is 6. The molecule has 0 atom stereocenters. The molecule has 0 unspecified atom stereocenters. The van der Waals surface area contributed by atoms with E-state index in [0.29, 0.717) is 17.6 Å². The molecule has 7 heteroatoms. The Morgan fingerprint density at radius 2 is 2.06 bits per heavy atom. The predicted octanol–water partition coefficient (Wildman–Crippen LogP) is 6.26. The van der Waals surface area contributed by atoms with Gasteiger partial charge in [-0.1, -0.05) is 48.0 Å². The van der Waals surface area contributed by atoms with E-state index < -0.39 is 0 Å². The first-order chi connectivity index (χ1) is 15.1. The first kappa shape index (κ1) is 20.1. The topological polar surface area (TPSA) is 49.6 Å². The molecule has 0 spiro atoms. The van der Waals surface area contributed by atoms with Crippen LogP contribution >= 0.6 is 22.9 Å². The van der Waals surface area contributed by atoms with Gasteiger partial charge in [-0.3, -0.25) is 4.40 Å². The van der Waals surface area contributed by atoms with Crippen LogP contribution in [-0.4, -0.2) is 32.9 Å². The molecule has 2 amide bonds. The third kappa shape index (κ3) is 4.31. The number of hydrogen-bond acceptors (Lipinski definition) is 3. The van der Waals surface area contributed by atoms with Crippen LogP contribution in [0.2, 0.25) is 5.02 Å². The van der Waals surface area contributed by atoms with Gasteiger partial charge in [-0.25, -0.2) is 9.78 Å². The number of carbonyl (C=O) groups excluding carboxylic acids is 1. The van der Waals surface area contributed by atoms with Gasteiger partial charge in [0.25, 0.3) is 0 Å². The van der Waals surface area contributed by atoms with Gasteiger partial charge in [0.2, 0.25) is 0 Å². The molecule has 4 aromatic rings. The van der Waals surface area contributed by atoms with Crippen LogP contribution in [0.4, 0.5) is 10.5 Å². The molecule has 31 heavy (non-hydrogen) atoms. The van der Waals surface area contributed by atoms with Crippen molar-refractivity contribution in [2.75, 3.05) is 11.9 Å². The zero-order valence-electron chi connectivity index (χ0n) is 17.2. The zero-order chi connectivity index (χ0) is 21.4. The lowest BCUT2D eigenvalue weighted by atomic mass is 10.2. The summed E-state index contributed by atoms with van der Waals surface area (Å²) in [5.41, 5.74) is 4.98. The largest absolute Gasteiger partial charge is 0.322 e. The number of aryl methyl sites for hydroxylation is 1. The minimum Gasteiger partial charge on any atom is -0.321 e. The molecule has 1 saturated carbocycles. The van der Waals surface area contributed by atoms with Crippen molar-refractivity contribution in [3.63, 3.8) is 0 Å². The highest BCUT2D eigenvalue weighted by Crippen LogP contribution is 2.29. The Hall–Kier alpha value is -2.83. The summed E-state index contributed by atoms with van der Waals surface area (Å²) >= 11 is 7.85. The fourth-order valence-electron chi connectivity index (χ4n) is 3.69. The van der Waals surface area contributed by atoms with Crippen molar-refractivity contribution < 1.29 is 4.79 Å². The standard InChI is InChI=1S/C24H23ClN4OS/c1-16-7-8-18(13-21(16)25)26-23(30)28(19-9-10-19)12-11-20-15-31-24-27-22(14-29(20)24)17-5-3-2-4-6-17/h2-8,13-15,19H,9-12H2,1H3,(H,26,30). The molecular formula is C24H23ClN4OS. The van der Waals surface area contributed by atoms with Gasteiger partial charge in [0.15, 0.2) is 4.96 Å². The number of halogens is 1. The maximum atomic E-state index is 13.0. The number of fused-ring (bicyclic) bond motifs is 1. The summed E-state index contributed by atoms with van der Waals surface area (Å²) in [6, 6.07) is 16.1. The van der Waals surface area contributed by atoms with Gasteiger partial charge in [-0.2, -0.15) is 0 Å². The molecule has 1 aliphatic carbocycles. The van der Waals surface area contributed by atoms with Crippen LogP contribution in [0.25, 0.3) is 16.2 Å². The molecule has 0 aliphatic heterocycles. The number of hydrogen-bond donors (Lipinski definition) is 1. The van der Waals surface area contributed by atoms with Gasteiger partial charge in [0.05, 0.1) is 5.69 Å². The number of urea groups is 1. The summed E-state index contributed by atoms with van der Waals surface area (Å²) in [5, 5.41) is 5.81. The van der Waals surface area contributed by atoms with Crippen molar-refractivity contribution in [2.24, 2.45) is 0 Å². The molecule has 2 aromatic heterocycles. The van der Waals surface area contributed by atoms with Gasteiger partial charge in [-0.05, 0) is 37.5 Å². The third-order valence-corrected chi connectivity index (χ3v) is 6.93. The quantitative estimate of drug-likeness (QED) is 0.376. The molecule has 0 radical (unpaired) electrons. The van der Waals surface area contributed by atoms with E-state index in [1.54, 1.807) is 17.4 Å². The fraction of sp³-hybridized carbons (Fsp3) is 0.250. The molecule has 5 rings (SSSR count). The van der Waals surface area contributed by atoms with Crippen molar-refractivity contribution in [3.8, 4) is 11.3 Å². The van der Waals surface area contributed by atoms with Gasteiger partial charge >= 0.3 is 6.03 Å². The number of nitrogens with one attached hydrogen (secondary N) is 1. The zero-order valence-corrected chi connectivity index (χ0v) is 18.8. The molecule has 2 aromatic carbocycles. The Balaban J connectivity index is 1.30. The van der Waals surface area contributed by atoms with Crippen molar-refractivity contribution in [1.29, 1.82) is 0 Å². The van der Waals surface area contributed by atoms with Crippen LogP contribution in [0.15, 0.2) is 60.1 Å². The van der Waals surface area contributed by atoms with E-state index in [1.165, 1.54) is 5.69 Å². The molecular weight excluding hydrogens is 428 g/mol. The van der Waals surface area contributed by atoms with Crippen LogP contribution in [0.3, 0.4) is 0 Å². The minimum atomic E-state index is -0.0653. The molecule has 1 N–H and O–H groups in total. The maximum absolute atomic E-state index is 13.0. The Morgan fingerprint density at radius 3 is 2.81 bits per heavy atom. The second-order valence-electron chi connectivity index (χ2n) is 7.94. The fourth-order valence-corrected chi connectivity index (χ4v) is 4.78. The number of thiazole rings is 1. The van der Waals surface area contributed by atoms with E-state index in [4.69, 9.17) is 16.6 Å². The lowest BCUT2D eigenvalue weighted by molar-refractivity contribution is 0.209. The molecule has 158 valence electrons. The summed E-state index contributed by atoms with van der Waals surface area (Å²) in [6.45, 7) is 2.62. The molecule has 1 fully saturated rings. The smallest absolute Gasteiger partial charge is 0.321 e. The summed E-state index contributed by atoms with van der Waals surface area (Å²) < 4.78 is 2.15. The van der Waals surface area contributed by atoms with Crippen LogP contribution in [0.1, 0.15) is 24.1 Å². The van der Waals surface area contributed by atoms with Crippen LogP contribution < -0.4 is 5.32 Å². The first-order valence-corrected chi connectivity index (χ1v) is 11.7. The average Bonchev–Trinajstić information content (AvgIpc) is 3.40. The van der Waals surface area contributed by atoms with Gasteiger partial charge in [0, 0.05) is 52.6 Å². The number of aromatic nitrogens is 2. The van der Waals surface area contributed by atoms with Crippen LogP contribution in [-0.2, 0) is 6.42 Å². The number of carbonyl (C=O) groups is 1. The Labute approximate surface area is 190 Å². The summed E-state index contributed by atoms with van der Waals surface area (Å²) in [5.74, 6) is 0. The number of amides is 2. The first-order valence-electron chi connectivity index (χ1n) is 10.4. The normalized spacial score (nSPS) is 13.5. The lowest BCUT2D eigenvalue weighted by Gasteiger charge is -2.23. The second-order valence-corrected chi connectivity index (χ2v) is 9.18. The van der Waals surface area contributed by atoms with Gasteiger partial charge in [0.1, 0.15) is 0 Å². The summed E-state index contributed by atoms with van der Waals surface area (Å²) in [6.07, 6.45) is 4.99. The van der Waals surface area contributed by atoms with E-state index >= 15 is 0 Å². The van der Waals surface area contributed by atoms with Gasteiger partial charge < -0.3 is 10.2 Å². The van der Waals surface area contributed by atoms with E-state index in [9.17, 15) is 4.79 Å². The van der Waals surface area contributed by atoms with E-state index in [-0.39, 0.29) is 6.03 Å². The van der Waals surface area contributed by atoms with E-state index in [0.717, 1.165) is 46.7 Å². The van der Waals surface area contributed by atoms with Crippen molar-refractivity contribution in [3.05, 3.63) is 76.4 Å². The number of imidazole rings is 1. The SMILES string of the molecule is Cc1ccc(NC(=O)N(CCc2csc3nc(-c4ccccc4)cn23)C2CC2)cc1Cl. The maximum Gasteiger partial charge on any atom is 0.322 e. The summed E-state index contributed by atoms with van der Waals surface area (Å²) in [7, 11) is 0. The van der Waals surface area contributed by atoms with Crippen LogP contribution in [0.5, 0.6) is 0 Å². The molecule has 0 saturated heterocycles. The van der Waals surface area contributed by atoms with Crippen molar-refractivity contribution in [1.82, 2.24) is 14.3 Å². The van der Waals surface area contributed by atoms with E-state index in [1.807, 2.05) is 42.2 Å². The number of anilines is 1. The Morgan fingerprint density at radius 1 is 1.26 bits per heavy atom. The highest BCUT2D eigenvalue weighted by Gasteiger charge is 2.32. The molecule has 1 aliphatic rings. The lowest BCUT2D eigenvalue weighted by Crippen LogP contribution is -2.38. The molecule has 0 bridgehead atoms. The van der Waals surface area contributed by atoms with Crippen molar-refractivity contribution >= 4 is 39.6 Å². The van der Waals surface area contributed by atoms with Crippen LogP contribution in [0, 0.1) is 6.92 Å². The Kier molecular flexibility index (Phi) is 5.42. The summed E-state index contributed by atoms with van der Waals surface area (Å²) in [4.78, 5) is 20.6. The number of nitrogens with zero attached hydrogens (tertiary/aromatic N) is 3. The minimum absolute atomic E-state index is 0.0653. The van der Waals surface area contributed by atoms with Crippen molar-refractivity contribution in [2.45, 2.75) is 32.2 Å². The molecule has 5 nitrogen and oxygen atoms in total. The van der Waals surface area contributed by atoms with E-state index in [2.05, 4.69) is 33.4 Å². The Bertz CT molecular complexity index is 1230. The second kappa shape index (κ2) is 8.36. The van der Waals surface area contributed by atoms with Gasteiger partial charge in [-0.15, -0.1) is 11.3 Å². The number of benzene rings is 2.